The van der Waals surface area contributed by atoms with Gasteiger partial charge in [0.15, 0.2) is 17.5 Å². The SMILES string of the molecule is CC(=O)NC[C@H]1CN(c2cc(F)c([N+]3(C)CCC(Cc4nn[nH]n4)CC3)c(F)c2)C(=O)O1. The number of cyclic esters (lactones) is 1. The van der Waals surface area contributed by atoms with Gasteiger partial charge in [0.1, 0.15) is 6.10 Å². The number of carbonyl (C=O) groups is 2. The van der Waals surface area contributed by atoms with Crippen LogP contribution in [0.15, 0.2) is 12.1 Å². The summed E-state index contributed by atoms with van der Waals surface area (Å²) in [5.41, 5.74) is 0.0896. The number of ether oxygens (including phenoxy) is 1. The van der Waals surface area contributed by atoms with Gasteiger partial charge >= 0.3 is 6.09 Å². The zero-order valence-corrected chi connectivity index (χ0v) is 18.0. The minimum absolute atomic E-state index is 0.00544. The number of likely N-dealkylation sites (tertiary alicyclic amines) is 1. The molecule has 1 atom stereocenters. The number of aromatic amines is 1. The first kappa shape index (κ1) is 22.1. The summed E-state index contributed by atoms with van der Waals surface area (Å²) in [5.74, 6) is -0.681. The molecule has 4 rings (SSSR count). The predicted octanol–water partition coefficient (Wildman–Crippen LogP) is 1.53. The van der Waals surface area contributed by atoms with Crippen molar-refractivity contribution >= 4 is 23.4 Å². The fourth-order valence-electron chi connectivity index (χ4n) is 4.47. The Bertz CT molecular complexity index is 970. The molecule has 0 bridgehead atoms. The fraction of sp³-hybridized carbons (Fsp3) is 0.550. The number of H-pyrrole nitrogens is 1. The van der Waals surface area contributed by atoms with Crippen LogP contribution in [0.5, 0.6) is 0 Å². The third-order valence-corrected chi connectivity index (χ3v) is 6.23. The van der Waals surface area contributed by atoms with Gasteiger partial charge in [-0.15, -0.1) is 10.2 Å². The smallest absolute Gasteiger partial charge is 0.414 e. The summed E-state index contributed by atoms with van der Waals surface area (Å²) in [4.78, 5) is 24.4. The van der Waals surface area contributed by atoms with E-state index in [1.807, 2.05) is 7.05 Å². The number of hydrogen-bond donors (Lipinski definition) is 2. The van der Waals surface area contributed by atoms with Gasteiger partial charge in [0.05, 0.1) is 38.9 Å². The average molecular weight is 450 g/mol. The number of rotatable bonds is 6. The summed E-state index contributed by atoms with van der Waals surface area (Å²) >= 11 is 0. The Morgan fingerprint density at radius 3 is 2.59 bits per heavy atom. The van der Waals surface area contributed by atoms with E-state index in [4.69, 9.17) is 4.74 Å². The number of benzene rings is 1. The van der Waals surface area contributed by atoms with Crippen LogP contribution < -0.4 is 14.7 Å². The molecule has 1 aromatic carbocycles. The molecule has 32 heavy (non-hydrogen) atoms. The summed E-state index contributed by atoms with van der Waals surface area (Å²) in [6.45, 7) is 2.73. The van der Waals surface area contributed by atoms with E-state index < -0.39 is 23.8 Å². The lowest BCUT2D eigenvalue weighted by Gasteiger charge is -2.40. The maximum absolute atomic E-state index is 15.2. The van der Waals surface area contributed by atoms with E-state index in [0.717, 1.165) is 12.8 Å². The second-order valence-corrected chi connectivity index (χ2v) is 8.63. The highest BCUT2D eigenvalue weighted by Gasteiger charge is 2.39. The Hall–Kier alpha value is -3.15. The molecule has 0 saturated carbocycles. The molecule has 2 N–H and O–H groups in total. The molecule has 0 radical (unpaired) electrons. The number of hydrogen-bond acceptors (Lipinski definition) is 6. The molecular formula is C20H26F2N7O3+. The van der Waals surface area contributed by atoms with E-state index in [1.54, 1.807) is 0 Å². The normalized spacial score (nSPS) is 25.6. The van der Waals surface area contributed by atoms with E-state index in [1.165, 1.54) is 24.0 Å². The summed E-state index contributed by atoms with van der Waals surface area (Å²) in [5, 5.41) is 16.5. The maximum Gasteiger partial charge on any atom is 0.414 e. The van der Waals surface area contributed by atoms with Crippen LogP contribution in [0.25, 0.3) is 0 Å². The molecular weight excluding hydrogens is 424 g/mol. The number of carbonyl (C=O) groups excluding carboxylic acids is 2. The molecule has 2 aliphatic heterocycles. The first-order valence-electron chi connectivity index (χ1n) is 10.5. The van der Waals surface area contributed by atoms with Gasteiger partial charge in [0.2, 0.25) is 11.6 Å². The molecule has 2 saturated heterocycles. The quantitative estimate of drug-likeness (QED) is 0.646. The van der Waals surface area contributed by atoms with E-state index >= 15 is 8.78 Å². The molecule has 3 heterocycles. The number of nitrogens with zero attached hydrogens (tertiary/aromatic N) is 5. The number of piperidine rings is 1. The first-order chi connectivity index (χ1) is 15.2. The number of halogens is 2. The topological polar surface area (TPSA) is 113 Å². The number of aromatic nitrogens is 4. The van der Waals surface area contributed by atoms with Gasteiger partial charge in [-0.25, -0.2) is 13.6 Å². The van der Waals surface area contributed by atoms with E-state index in [9.17, 15) is 9.59 Å². The van der Waals surface area contributed by atoms with E-state index in [0.29, 0.717) is 31.3 Å². The van der Waals surface area contributed by atoms with Crippen molar-refractivity contribution in [3.05, 3.63) is 29.6 Å². The Kier molecular flexibility index (Phi) is 6.04. The van der Waals surface area contributed by atoms with Crippen molar-refractivity contribution < 1.29 is 23.1 Å². The third-order valence-electron chi connectivity index (χ3n) is 6.23. The molecule has 172 valence electrons. The van der Waals surface area contributed by atoms with Crippen LogP contribution in [0.2, 0.25) is 0 Å². The fourth-order valence-corrected chi connectivity index (χ4v) is 4.47. The van der Waals surface area contributed by atoms with Crippen LogP contribution in [-0.4, -0.2) is 72.0 Å². The van der Waals surface area contributed by atoms with Gasteiger partial charge in [-0.1, -0.05) is 5.21 Å². The Labute approximate surface area is 183 Å². The van der Waals surface area contributed by atoms with Crippen LogP contribution in [0.1, 0.15) is 25.6 Å². The largest absolute Gasteiger partial charge is 0.442 e. The lowest BCUT2D eigenvalue weighted by molar-refractivity contribution is -0.119. The Balaban J connectivity index is 1.46. The molecule has 12 heteroatoms. The summed E-state index contributed by atoms with van der Waals surface area (Å²) in [6.07, 6.45) is 0.940. The third kappa shape index (κ3) is 4.54. The average Bonchev–Trinajstić information content (AvgIpc) is 3.37. The van der Waals surface area contributed by atoms with E-state index in [2.05, 4.69) is 25.9 Å². The number of nitrogens with one attached hydrogen (secondary N) is 2. The van der Waals surface area contributed by atoms with Crippen molar-refractivity contribution in [2.24, 2.45) is 5.92 Å². The van der Waals surface area contributed by atoms with Crippen LogP contribution in [0, 0.1) is 17.6 Å². The lowest BCUT2D eigenvalue weighted by Crippen LogP contribution is -2.52. The zero-order chi connectivity index (χ0) is 22.9. The van der Waals surface area contributed by atoms with Crippen molar-refractivity contribution in [2.45, 2.75) is 32.3 Å². The highest BCUT2D eigenvalue weighted by Crippen LogP contribution is 2.37. The lowest BCUT2D eigenvalue weighted by atomic mass is 9.91. The van der Waals surface area contributed by atoms with Crippen LogP contribution in [0.3, 0.4) is 0 Å². The number of quaternary nitrogens is 1. The standard InChI is InChI=1S/C20H25F2N7O3/c1-12(30)23-10-15-11-28(20(31)32-15)14-8-16(21)19(17(22)9-14)29(2)5-3-13(4-6-29)7-18-24-26-27-25-18/h8-9,13,15H,3-7,10-11H2,1-2H3,(H-,23,24,25,26,27,30)/p+1/t13?,15-,29?/m0/s1. The number of amides is 2. The highest BCUT2D eigenvalue weighted by atomic mass is 19.1. The monoisotopic (exact) mass is 450 g/mol. The van der Waals surface area contributed by atoms with Gasteiger partial charge in [0, 0.05) is 38.3 Å². The van der Waals surface area contributed by atoms with Crippen LogP contribution in [-0.2, 0) is 16.0 Å². The molecule has 2 amide bonds. The van der Waals surface area contributed by atoms with E-state index in [-0.39, 0.29) is 34.9 Å². The Morgan fingerprint density at radius 2 is 2.00 bits per heavy atom. The minimum atomic E-state index is -0.699. The van der Waals surface area contributed by atoms with Crippen molar-refractivity contribution in [3.63, 3.8) is 0 Å². The first-order valence-corrected chi connectivity index (χ1v) is 10.5. The molecule has 2 aromatic rings. The van der Waals surface area contributed by atoms with Gasteiger partial charge in [-0.05, 0) is 5.92 Å². The van der Waals surface area contributed by atoms with Gasteiger partial charge in [0.25, 0.3) is 0 Å². The molecule has 2 fully saturated rings. The molecule has 0 aliphatic carbocycles. The minimum Gasteiger partial charge on any atom is -0.442 e. The predicted molar refractivity (Wildman–Crippen MR) is 111 cm³/mol. The molecule has 10 nitrogen and oxygen atoms in total. The van der Waals surface area contributed by atoms with Gasteiger partial charge in [-0.2, -0.15) is 5.21 Å². The van der Waals surface area contributed by atoms with Crippen LogP contribution in [0.4, 0.5) is 25.0 Å². The van der Waals surface area contributed by atoms with Crippen molar-refractivity contribution in [1.82, 2.24) is 30.4 Å². The van der Waals surface area contributed by atoms with Crippen molar-refractivity contribution in [2.75, 3.05) is 38.1 Å². The van der Waals surface area contributed by atoms with Gasteiger partial charge in [-0.3, -0.25) is 14.2 Å². The summed E-state index contributed by atoms with van der Waals surface area (Å²) in [6, 6.07) is 2.35. The molecule has 0 unspecified atom stereocenters. The molecule has 2 aliphatic rings. The Morgan fingerprint density at radius 1 is 1.31 bits per heavy atom. The molecule has 1 aromatic heterocycles. The van der Waals surface area contributed by atoms with Crippen molar-refractivity contribution in [1.29, 1.82) is 0 Å². The second kappa shape index (κ2) is 8.77. The summed E-state index contributed by atoms with van der Waals surface area (Å²) < 4.78 is 35.6. The van der Waals surface area contributed by atoms with Gasteiger partial charge < -0.3 is 10.1 Å². The number of tetrazole rings is 1. The summed E-state index contributed by atoms with van der Waals surface area (Å²) in [7, 11) is 1.82. The van der Waals surface area contributed by atoms with Crippen molar-refractivity contribution in [3.8, 4) is 0 Å². The zero-order valence-electron chi connectivity index (χ0n) is 18.0. The number of anilines is 1. The maximum atomic E-state index is 15.2. The highest BCUT2D eigenvalue weighted by molar-refractivity contribution is 5.90. The second-order valence-electron chi connectivity index (χ2n) is 8.63. The van der Waals surface area contributed by atoms with Crippen LogP contribution >= 0.6 is 0 Å². The molecule has 0 spiro atoms.